The molecule has 0 aromatic heterocycles. The van der Waals surface area contributed by atoms with Crippen LogP contribution in [0.2, 0.25) is 0 Å². The van der Waals surface area contributed by atoms with E-state index in [0.717, 1.165) is 25.7 Å². The number of aliphatic hydroxyl groups excluding tert-OH is 1. The summed E-state index contributed by atoms with van der Waals surface area (Å²) < 4.78 is 30.3. The summed E-state index contributed by atoms with van der Waals surface area (Å²) >= 11 is 0. The number of hydrogen-bond donors (Lipinski definition) is 1. The Hall–Kier alpha value is -0.170. The summed E-state index contributed by atoms with van der Waals surface area (Å²) in [6, 6.07) is 0. The second kappa shape index (κ2) is 7.31. The first kappa shape index (κ1) is 14.9. The second-order valence-electron chi connectivity index (χ2n) is 4.52. The van der Waals surface area contributed by atoms with E-state index in [9.17, 15) is 8.42 Å². The van der Waals surface area contributed by atoms with Gasteiger partial charge in [-0.3, -0.25) is 0 Å². The van der Waals surface area contributed by atoms with Crippen LogP contribution in [0.3, 0.4) is 0 Å². The van der Waals surface area contributed by atoms with Gasteiger partial charge in [0.2, 0.25) is 10.0 Å². The van der Waals surface area contributed by atoms with Gasteiger partial charge < -0.3 is 9.84 Å². The smallest absolute Gasteiger partial charge is 0.216 e. The predicted molar refractivity (Wildman–Crippen MR) is 66.3 cm³/mol. The SMILES string of the molecule is COCCS(=O)(=O)N1CCCC(CCO)CC1. The van der Waals surface area contributed by atoms with Gasteiger partial charge in [-0.15, -0.1) is 0 Å². The molecule has 102 valence electrons. The van der Waals surface area contributed by atoms with E-state index in [1.807, 2.05) is 0 Å². The molecule has 0 amide bonds. The molecule has 1 unspecified atom stereocenters. The zero-order valence-electron chi connectivity index (χ0n) is 10.5. The normalized spacial score (nSPS) is 23.5. The van der Waals surface area contributed by atoms with Crippen molar-refractivity contribution in [2.75, 3.05) is 39.2 Å². The summed E-state index contributed by atoms with van der Waals surface area (Å²) in [5.74, 6) is 0.524. The van der Waals surface area contributed by atoms with E-state index in [-0.39, 0.29) is 19.0 Å². The summed E-state index contributed by atoms with van der Waals surface area (Å²) in [7, 11) is -1.65. The number of rotatable bonds is 6. The Morgan fingerprint density at radius 1 is 1.35 bits per heavy atom. The summed E-state index contributed by atoms with van der Waals surface area (Å²) in [4.78, 5) is 0. The van der Waals surface area contributed by atoms with Gasteiger partial charge in [-0.1, -0.05) is 0 Å². The van der Waals surface area contributed by atoms with E-state index in [1.165, 1.54) is 7.11 Å². The Morgan fingerprint density at radius 3 is 2.76 bits per heavy atom. The van der Waals surface area contributed by atoms with Crippen molar-refractivity contribution >= 4 is 10.0 Å². The van der Waals surface area contributed by atoms with Gasteiger partial charge in [0, 0.05) is 26.8 Å². The van der Waals surface area contributed by atoms with Crippen molar-refractivity contribution in [1.82, 2.24) is 4.31 Å². The lowest BCUT2D eigenvalue weighted by Crippen LogP contribution is -2.35. The lowest BCUT2D eigenvalue weighted by Gasteiger charge is -2.19. The van der Waals surface area contributed by atoms with Crippen LogP contribution >= 0.6 is 0 Å². The molecule has 1 heterocycles. The van der Waals surface area contributed by atoms with Crippen LogP contribution in [-0.4, -0.2) is 57.0 Å². The number of nitrogens with zero attached hydrogens (tertiary/aromatic N) is 1. The average molecular weight is 265 g/mol. The van der Waals surface area contributed by atoms with Crippen LogP contribution in [0.5, 0.6) is 0 Å². The van der Waals surface area contributed by atoms with Crippen molar-refractivity contribution in [2.45, 2.75) is 25.7 Å². The molecule has 1 fully saturated rings. The van der Waals surface area contributed by atoms with Gasteiger partial charge in [-0.2, -0.15) is 0 Å². The number of sulfonamides is 1. The molecular weight excluding hydrogens is 242 g/mol. The third-order valence-corrected chi connectivity index (χ3v) is 5.12. The van der Waals surface area contributed by atoms with E-state index in [1.54, 1.807) is 4.31 Å². The molecule has 0 aromatic carbocycles. The van der Waals surface area contributed by atoms with Gasteiger partial charge >= 0.3 is 0 Å². The van der Waals surface area contributed by atoms with E-state index in [0.29, 0.717) is 19.0 Å². The third-order valence-electron chi connectivity index (χ3n) is 3.28. The molecule has 1 atom stereocenters. The van der Waals surface area contributed by atoms with Crippen LogP contribution in [-0.2, 0) is 14.8 Å². The minimum absolute atomic E-state index is 0.0637. The highest BCUT2D eigenvalue weighted by atomic mass is 32.2. The Kier molecular flexibility index (Phi) is 6.40. The van der Waals surface area contributed by atoms with Crippen molar-refractivity contribution < 1.29 is 18.3 Å². The van der Waals surface area contributed by atoms with Crippen molar-refractivity contribution in [1.29, 1.82) is 0 Å². The minimum Gasteiger partial charge on any atom is -0.396 e. The van der Waals surface area contributed by atoms with Gasteiger partial charge in [0.05, 0.1) is 12.4 Å². The maximum absolute atomic E-state index is 12.0. The fourth-order valence-electron chi connectivity index (χ4n) is 2.21. The summed E-state index contributed by atoms with van der Waals surface area (Å²) in [5, 5.41) is 8.90. The second-order valence-corrected chi connectivity index (χ2v) is 6.61. The highest BCUT2D eigenvalue weighted by Crippen LogP contribution is 2.21. The molecule has 0 aliphatic carbocycles. The number of aliphatic hydroxyl groups is 1. The largest absolute Gasteiger partial charge is 0.396 e. The molecule has 0 aromatic rings. The molecule has 6 heteroatoms. The van der Waals surface area contributed by atoms with Gasteiger partial charge in [-0.05, 0) is 31.6 Å². The van der Waals surface area contributed by atoms with Crippen molar-refractivity contribution in [3.63, 3.8) is 0 Å². The highest BCUT2D eigenvalue weighted by Gasteiger charge is 2.25. The fourth-order valence-corrected chi connectivity index (χ4v) is 3.63. The number of ether oxygens (including phenoxy) is 1. The van der Waals surface area contributed by atoms with E-state index in [2.05, 4.69) is 0 Å². The number of hydrogen-bond acceptors (Lipinski definition) is 4. The molecule has 0 saturated carbocycles. The molecule has 17 heavy (non-hydrogen) atoms. The molecule has 0 bridgehead atoms. The Morgan fingerprint density at radius 2 is 2.12 bits per heavy atom. The van der Waals surface area contributed by atoms with E-state index in [4.69, 9.17) is 9.84 Å². The first-order chi connectivity index (χ1) is 8.10. The number of methoxy groups -OCH3 is 1. The van der Waals surface area contributed by atoms with Gasteiger partial charge in [0.15, 0.2) is 0 Å². The first-order valence-electron chi connectivity index (χ1n) is 6.17. The maximum atomic E-state index is 12.0. The molecule has 0 spiro atoms. The molecule has 5 nitrogen and oxygen atoms in total. The molecule has 1 rings (SSSR count). The van der Waals surface area contributed by atoms with Gasteiger partial charge in [0.25, 0.3) is 0 Å². The molecule has 1 aliphatic heterocycles. The van der Waals surface area contributed by atoms with Crippen molar-refractivity contribution in [2.24, 2.45) is 5.92 Å². The highest BCUT2D eigenvalue weighted by molar-refractivity contribution is 7.89. The topological polar surface area (TPSA) is 66.8 Å². The third kappa shape index (κ3) is 4.91. The summed E-state index contributed by atoms with van der Waals surface area (Å²) in [6.07, 6.45) is 3.53. The zero-order valence-corrected chi connectivity index (χ0v) is 11.3. The Balaban J connectivity index is 2.50. The quantitative estimate of drug-likeness (QED) is 0.757. The monoisotopic (exact) mass is 265 g/mol. The van der Waals surface area contributed by atoms with Crippen LogP contribution < -0.4 is 0 Å². The Bertz CT molecular complexity index is 305. The maximum Gasteiger partial charge on any atom is 0.216 e. The summed E-state index contributed by atoms with van der Waals surface area (Å²) in [5.41, 5.74) is 0. The molecule has 0 radical (unpaired) electrons. The standard InChI is InChI=1S/C11H23NO4S/c1-16-9-10-17(14,15)12-6-2-3-11(4-7-12)5-8-13/h11,13H,2-10H2,1H3. The van der Waals surface area contributed by atoms with Crippen LogP contribution in [0.4, 0.5) is 0 Å². The molecule has 1 aliphatic rings. The lowest BCUT2D eigenvalue weighted by atomic mass is 9.98. The predicted octanol–water partition coefficient (Wildman–Crippen LogP) is 0.447. The zero-order chi connectivity index (χ0) is 12.7. The van der Waals surface area contributed by atoms with Crippen LogP contribution in [0, 0.1) is 5.92 Å². The van der Waals surface area contributed by atoms with Crippen LogP contribution in [0.15, 0.2) is 0 Å². The lowest BCUT2D eigenvalue weighted by molar-refractivity contribution is 0.215. The fraction of sp³-hybridized carbons (Fsp3) is 1.00. The first-order valence-corrected chi connectivity index (χ1v) is 7.78. The van der Waals surface area contributed by atoms with Crippen molar-refractivity contribution in [3.8, 4) is 0 Å². The molecular formula is C11H23NO4S. The molecule has 1 N–H and O–H groups in total. The van der Waals surface area contributed by atoms with Gasteiger partial charge in [-0.25, -0.2) is 12.7 Å². The Labute approximate surface area is 104 Å². The average Bonchev–Trinajstić information content (AvgIpc) is 2.53. The molecule has 1 saturated heterocycles. The van der Waals surface area contributed by atoms with Crippen LogP contribution in [0.25, 0.3) is 0 Å². The van der Waals surface area contributed by atoms with Crippen LogP contribution in [0.1, 0.15) is 25.7 Å². The van der Waals surface area contributed by atoms with E-state index >= 15 is 0 Å². The van der Waals surface area contributed by atoms with Gasteiger partial charge in [0.1, 0.15) is 0 Å². The van der Waals surface area contributed by atoms with Crippen molar-refractivity contribution in [3.05, 3.63) is 0 Å². The van der Waals surface area contributed by atoms with E-state index < -0.39 is 10.0 Å². The minimum atomic E-state index is -3.16. The summed E-state index contributed by atoms with van der Waals surface area (Å²) in [6.45, 7) is 1.63.